The first-order valence-electron chi connectivity index (χ1n) is 4.30. The number of rotatable bonds is 2. The molecular weight excluding hydrogens is 174 g/mol. The summed E-state index contributed by atoms with van der Waals surface area (Å²) < 4.78 is 0. The maximum absolute atomic E-state index is 9.33. The highest BCUT2D eigenvalue weighted by Gasteiger charge is 2.27. The molecule has 0 bridgehead atoms. The Balaban J connectivity index is 0.00000121. The SMILES string of the molecule is C[C](C)CN1C[C@H](O)C[C@H]1C.Cl. The molecule has 3 heteroatoms. The Morgan fingerprint density at radius 1 is 1.50 bits per heavy atom. The number of likely N-dealkylation sites (tertiary alicyclic amines) is 1. The number of aliphatic hydroxyl groups is 1. The van der Waals surface area contributed by atoms with Crippen molar-refractivity contribution in [1.29, 1.82) is 0 Å². The molecule has 12 heavy (non-hydrogen) atoms. The fraction of sp³-hybridized carbons (Fsp3) is 0.889. The molecule has 2 nitrogen and oxygen atoms in total. The lowest BCUT2D eigenvalue weighted by Gasteiger charge is -2.22. The maximum Gasteiger partial charge on any atom is 0.0682 e. The molecule has 1 rings (SSSR count). The average molecular weight is 193 g/mol. The second kappa shape index (κ2) is 5.05. The van der Waals surface area contributed by atoms with E-state index in [2.05, 4.69) is 25.7 Å². The predicted molar refractivity (Wildman–Crippen MR) is 53.5 cm³/mol. The standard InChI is InChI=1S/C9H18NO.ClH/c1-7(2)5-10-6-9(11)4-8(10)3;/h8-9,11H,4-6H2,1-3H3;1H/t8-,9-;/m1./s1. The van der Waals surface area contributed by atoms with E-state index in [1.165, 1.54) is 5.92 Å². The van der Waals surface area contributed by atoms with E-state index in [-0.39, 0.29) is 18.5 Å². The van der Waals surface area contributed by atoms with Crippen molar-refractivity contribution in [3.8, 4) is 0 Å². The summed E-state index contributed by atoms with van der Waals surface area (Å²) in [5, 5.41) is 9.33. The highest BCUT2D eigenvalue weighted by Crippen LogP contribution is 2.18. The minimum atomic E-state index is -0.0932. The van der Waals surface area contributed by atoms with E-state index < -0.39 is 0 Å². The average Bonchev–Trinajstić information content (AvgIpc) is 2.09. The van der Waals surface area contributed by atoms with Gasteiger partial charge in [-0.05, 0) is 19.3 Å². The monoisotopic (exact) mass is 192 g/mol. The molecule has 1 aliphatic rings. The molecule has 1 radical (unpaired) electrons. The molecular formula is C9H19ClNO. The highest BCUT2D eigenvalue weighted by molar-refractivity contribution is 5.85. The lowest BCUT2D eigenvalue weighted by Crippen LogP contribution is -2.30. The Labute approximate surface area is 81.4 Å². The number of nitrogens with zero attached hydrogens (tertiary/aromatic N) is 1. The number of hydrogen-bond donors (Lipinski definition) is 1. The second-order valence-corrected chi connectivity index (χ2v) is 3.88. The van der Waals surface area contributed by atoms with E-state index in [9.17, 15) is 5.11 Å². The van der Waals surface area contributed by atoms with Crippen molar-refractivity contribution in [3.63, 3.8) is 0 Å². The summed E-state index contributed by atoms with van der Waals surface area (Å²) in [4.78, 5) is 2.33. The van der Waals surface area contributed by atoms with Crippen LogP contribution in [0.2, 0.25) is 0 Å². The van der Waals surface area contributed by atoms with Crippen LogP contribution in [0, 0.1) is 5.92 Å². The Hall–Kier alpha value is 0.210. The zero-order chi connectivity index (χ0) is 8.43. The lowest BCUT2D eigenvalue weighted by atomic mass is 10.2. The third-order valence-electron chi connectivity index (χ3n) is 2.20. The normalized spacial score (nSPS) is 30.8. The molecule has 0 aromatic carbocycles. The maximum atomic E-state index is 9.33. The minimum absolute atomic E-state index is 0. The van der Waals surface area contributed by atoms with Crippen molar-refractivity contribution >= 4 is 12.4 Å². The zero-order valence-electron chi connectivity index (χ0n) is 8.08. The molecule has 0 spiro atoms. The van der Waals surface area contributed by atoms with Crippen LogP contribution < -0.4 is 0 Å². The lowest BCUT2D eigenvalue weighted by molar-refractivity contribution is 0.177. The van der Waals surface area contributed by atoms with E-state index in [1.807, 2.05) is 0 Å². The molecule has 1 fully saturated rings. The van der Waals surface area contributed by atoms with Gasteiger partial charge in [-0.15, -0.1) is 12.4 Å². The first kappa shape index (κ1) is 12.2. The summed E-state index contributed by atoms with van der Waals surface area (Å²) in [5.41, 5.74) is 0. The van der Waals surface area contributed by atoms with Gasteiger partial charge < -0.3 is 5.11 Å². The van der Waals surface area contributed by atoms with E-state index in [0.29, 0.717) is 6.04 Å². The topological polar surface area (TPSA) is 23.5 Å². The van der Waals surface area contributed by atoms with Crippen LogP contribution in [0.5, 0.6) is 0 Å². The molecule has 2 atom stereocenters. The smallest absolute Gasteiger partial charge is 0.0682 e. The molecule has 0 saturated carbocycles. The third-order valence-corrected chi connectivity index (χ3v) is 2.20. The summed E-state index contributed by atoms with van der Waals surface area (Å²) >= 11 is 0. The van der Waals surface area contributed by atoms with Crippen LogP contribution in [0.15, 0.2) is 0 Å². The molecule has 0 aliphatic carbocycles. The van der Waals surface area contributed by atoms with Crippen LogP contribution in [0.3, 0.4) is 0 Å². The minimum Gasteiger partial charge on any atom is -0.392 e. The molecule has 0 aromatic heterocycles. The Morgan fingerprint density at radius 3 is 2.42 bits per heavy atom. The van der Waals surface area contributed by atoms with E-state index in [0.717, 1.165) is 19.5 Å². The molecule has 73 valence electrons. The molecule has 1 N–H and O–H groups in total. The fourth-order valence-corrected chi connectivity index (χ4v) is 1.69. The van der Waals surface area contributed by atoms with Gasteiger partial charge >= 0.3 is 0 Å². The van der Waals surface area contributed by atoms with Crippen molar-refractivity contribution in [2.75, 3.05) is 13.1 Å². The van der Waals surface area contributed by atoms with Crippen LogP contribution in [-0.4, -0.2) is 35.2 Å². The summed E-state index contributed by atoms with van der Waals surface area (Å²) in [6, 6.07) is 0.555. The fourth-order valence-electron chi connectivity index (χ4n) is 1.69. The molecule has 1 aliphatic heterocycles. The van der Waals surface area contributed by atoms with Crippen LogP contribution in [-0.2, 0) is 0 Å². The third kappa shape index (κ3) is 3.30. The Kier molecular flexibility index (Phi) is 5.14. The van der Waals surface area contributed by atoms with Gasteiger partial charge in [0.15, 0.2) is 0 Å². The van der Waals surface area contributed by atoms with E-state index in [4.69, 9.17) is 0 Å². The zero-order valence-corrected chi connectivity index (χ0v) is 8.90. The second-order valence-electron chi connectivity index (χ2n) is 3.88. The highest BCUT2D eigenvalue weighted by atomic mass is 35.5. The summed E-state index contributed by atoms with van der Waals surface area (Å²) in [7, 11) is 0. The molecule has 1 saturated heterocycles. The molecule has 0 unspecified atom stereocenters. The van der Waals surface area contributed by atoms with E-state index >= 15 is 0 Å². The van der Waals surface area contributed by atoms with Gasteiger partial charge in [0.2, 0.25) is 0 Å². The number of halogens is 1. The van der Waals surface area contributed by atoms with Gasteiger partial charge in [0, 0.05) is 19.1 Å². The molecule has 0 amide bonds. The van der Waals surface area contributed by atoms with Crippen molar-refractivity contribution in [1.82, 2.24) is 4.90 Å². The van der Waals surface area contributed by atoms with Gasteiger partial charge in [-0.25, -0.2) is 0 Å². The van der Waals surface area contributed by atoms with Crippen molar-refractivity contribution in [3.05, 3.63) is 5.92 Å². The summed E-state index contributed by atoms with van der Waals surface area (Å²) in [5.74, 6) is 1.42. The van der Waals surface area contributed by atoms with Crippen LogP contribution in [0.25, 0.3) is 0 Å². The largest absolute Gasteiger partial charge is 0.392 e. The van der Waals surface area contributed by atoms with Gasteiger partial charge in [-0.2, -0.15) is 0 Å². The van der Waals surface area contributed by atoms with Crippen molar-refractivity contribution in [2.45, 2.75) is 39.3 Å². The molecule has 1 heterocycles. The number of β-amino-alcohol motifs (C(OH)–C–C–N with tert-alkyl or cyclic N) is 1. The summed E-state index contributed by atoms with van der Waals surface area (Å²) in [6.45, 7) is 8.35. The van der Waals surface area contributed by atoms with Crippen LogP contribution >= 0.6 is 12.4 Å². The van der Waals surface area contributed by atoms with Gasteiger partial charge in [0.1, 0.15) is 0 Å². The summed E-state index contributed by atoms with van der Waals surface area (Å²) in [6.07, 6.45) is 0.845. The van der Waals surface area contributed by atoms with Gasteiger partial charge in [-0.3, -0.25) is 4.90 Å². The van der Waals surface area contributed by atoms with Gasteiger partial charge in [-0.1, -0.05) is 13.8 Å². The van der Waals surface area contributed by atoms with Gasteiger partial charge in [0.25, 0.3) is 0 Å². The first-order chi connectivity index (χ1) is 5.09. The molecule has 0 aromatic rings. The van der Waals surface area contributed by atoms with Crippen LogP contribution in [0.4, 0.5) is 0 Å². The quantitative estimate of drug-likeness (QED) is 0.717. The predicted octanol–water partition coefficient (Wildman–Crippen LogP) is 1.48. The van der Waals surface area contributed by atoms with Crippen molar-refractivity contribution in [2.24, 2.45) is 0 Å². The van der Waals surface area contributed by atoms with Crippen molar-refractivity contribution < 1.29 is 5.11 Å². The van der Waals surface area contributed by atoms with Crippen LogP contribution in [0.1, 0.15) is 27.2 Å². The Morgan fingerprint density at radius 2 is 2.08 bits per heavy atom. The van der Waals surface area contributed by atoms with Gasteiger partial charge in [0.05, 0.1) is 6.10 Å². The number of aliphatic hydroxyl groups excluding tert-OH is 1. The number of hydrogen-bond acceptors (Lipinski definition) is 2. The first-order valence-corrected chi connectivity index (χ1v) is 4.30. The Bertz CT molecular complexity index is 130. The van der Waals surface area contributed by atoms with E-state index in [1.54, 1.807) is 0 Å².